The second kappa shape index (κ2) is 4.46. The van der Waals surface area contributed by atoms with Gasteiger partial charge in [0.15, 0.2) is 0 Å². The van der Waals surface area contributed by atoms with Gasteiger partial charge in [0, 0.05) is 13.6 Å². The number of aliphatic hydroxyl groups excluding tert-OH is 1. The Labute approximate surface area is 84.9 Å². The lowest BCUT2D eigenvalue weighted by molar-refractivity contribution is 0.271. The predicted molar refractivity (Wildman–Crippen MR) is 57.2 cm³/mol. The Kier molecular flexibility index (Phi) is 3.52. The van der Waals surface area contributed by atoms with E-state index in [9.17, 15) is 5.11 Å². The number of aryl methyl sites for hydroxylation is 2. The van der Waals surface area contributed by atoms with Gasteiger partial charge in [-0.05, 0) is 12.8 Å². The molecule has 1 aromatic heterocycles. The Morgan fingerprint density at radius 1 is 1.50 bits per heavy atom. The van der Waals surface area contributed by atoms with E-state index in [1.54, 1.807) is 4.68 Å². The van der Waals surface area contributed by atoms with Gasteiger partial charge in [0.25, 0.3) is 0 Å². The molecule has 0 aliphatic rings. The number of anilines is 1. The van der Waals surface area contributed by atoms with Gasteiger partial charge in [-0.2, -0.15) is 5.10 Å². The molecule has 80 valence electrons. The molecule has 0 radical (unpaired) electrons. The molecule has 0 fully saturated rings. The Hall–Kier alpha value is -1.03. The average Bonchev–Trinajstić information content (AvgIpc) is 2.36. The van der Waals surface area contributed by atoms with Crippen LogP contribution in [0.1, 0.15) is 25.2 Å². The van der Waals surface area contributed by atoms with E-state index >= 15 is 0 Å². The Morgan fingerprint density at radius 3 is 2.64 bits per heavy atom. The fourth-order valence-corrected chi connectivity index (χ4v) is 1.42. The summed E-state index contributed by atoms with van der Waals surface area (Å²) in [6.07, 6.45) is 0. The summed E-state index contributed by atoms with van der Waals surface area (Å²) in [5.41, 5.74) is 2.77. The predicted octanol–water partition coefficient (Wildman–Crippen LogP) is 1.29. The van der Waals surface area contributed by atoms with Crippen LogP contribution in [-0.4, -0.2) is 21.4 Å². The molecule has 14 heavy (non-hydrogen) atoms. The van der Waals surface area contributed by atoms with Crippen molar-refractivity contribution in [1.82, 2.24) is 9.78 Å². The monoisotopic (exact) mass is 197 g/mol. The van der Waals surface area contributed by atoms with Crippen molar-refractivity contribution in [3.8, 4) is 0 Å². The molecule has 0 aliphatic heterocycles. The van der Waals surface area contributed by atoms with Gasteiger partial charge in [0.2, 0.25) is 0 Å². The topological polar surface area (TPSA) is 50.1 Å². The smallest absolute Gasteiger partial charge is 0.0870 e. The third kappa shape index (κ3) is 2.26. The summed E-state index contributed by atoms with van der Waals surface area (Å²) in [5, 5.41) is 16.7. The van der Waals surface area contributed by atoms with Gasteiger partial charge in [0.1, 0.15) is 0 Å². The standard InChI is InChI=1S/C10H19N3O/c1-7(2)5-11-10-8(3)12-13(4)9(10)6-14/h7,11,14H,5-6H2,1-4H3. The van der Waals surface area contributed by atoms with Crippen molar-refractivity contribution >= 4 is 5.69 Å². The van der Waals surface area contributed by atoms with Crippen LogP contribution < -0.4 is 5.32 Å². The summed E-state index contributed by atoms with van der Waals surface area (Å²) < 4.78 is 1.72. The SMILES string of the molecule is Cc1nn(C)c(CO)c1NCC(C)C. The van der Waals surface area contributed by atoms with E-state index in [0.717, 1.165) is 23.6 Å². The maximum atomic E-state index is 9.18. The van der Waals surface area contributed by atoms with Gasteiger partial charge in [-0.25, -0.2) is 0 Å². The summed E-state index contributed by atoms with van der Waals surface area (Å²) in [5.74, 6) is 0.584. The second-order valence-electron chi connectivity index (χ2n) is 3.96. The first-order valence-corrected chi connectivity index (χ1v) is 4.93. The highest BCUT2D eigenvalue weighted by Gasteiger charge is 2.11. The van der Waals surface area contributed by atoms with Crippen LogP contribution in [0.3, 0.4) is 0 Å². The fourth-order valence-electron chi connectivity index (χ4n) is 1.42. The lowest BCUT2D eigenvalue weighted by Crippen LogP contribution is -2.10. The highest BCUT2D eigenvalue weighted by atomic mass is 16.3. The van der Waals surface area contributed by atoms with Crippen molar-refractivity contribution in [2.24, 2.45) is 13.0 Å². The minimum absolute atomic E-state index is 0.0256. The minimum atomic E-state index is 0.0256. The molecule has 4 nitrogen and oxygen atoms in total. The van der Waals surface area contributed by atoms with Crippen LogP contribution in [0, 0.1) is 12.8 Å². The summed E-state index contributed by atoms with van der Waals surface area (Å²) in [6.45, 7) is 7.17. The third-order valence-electron chi connectivity index (χ3n) is 2.18. The van der Waals surface area contributed by atoms with Crippen molar-refractivity contribution in [2.45, 2.75) is 27.4 Å². The molecule has 0 bridgehead atoms. The summed E-state index contributed by atoms with van der Waals surface area (Å²) in [7, 11) is 1.85. The van der Waals surface area contributed by atoms with Crippen LogP contribution in [0.2, 0.25) is 0 Å². The van der Waals surface area contributed by atoms with E-state index in [-0.39, 0.29) is 6.61 Å². The van der Waals surface area contributed by atoms with E-state index in [1.807, 2.05) is 14.0 Å². The lowest BCUT2D eigenvalue weighted by Gasteiger charge is -2.09. The van der Waals surface area contributed by atoms with Gasteiger partial charge < -0.3 is 10.4 Å². The van der Waals surface area contributed by atoms with E-state index in [0.29, 0.717) is 5.92 Å². The quantitative estimate of drug-likeness (QED) is 0.764. The van der Waals surface area contributed by atoms with Crippen LogP contribution in [-0.2, 0) is 13.7 Å². The Balaban J connectivity index is 2.83. The zero-order chi connectivity index (χ0) is 10.7. The number of aliphatic hydroxyl groups is 1. The first kappa shape index (κ1) is 11.0. The number of hydrogen-bond donors (Lipinski definition) is 2. The lowest BCUT2D eigenvalue weighted by atomic mass is 10.2. The van der Waals surface area contributed by atoms with Gasteiger partial charge >= 0.3 is 0 Å². The minimum Gasteiger partial charge on any atom is -0.390 e. The van der Waals surface area contributed by atoms with Crippen molar-refractivity contribution in [1.29, 1.82) is 0 Å². The van der Waals surface area contributed by atoms with E-state index in [4.69, 9.17) is 0 Å². The second-order valence-corrected chi connectivity index (χ2v) is 3.96. The molecule has 2 N–H and O–H groups in total. The maximum absolute atomic E-state index is 9.18. The van der Waals surface area contributed by atoms with Crippen LogP contribution in [0.25, 0.3) is 0 Å². The van der Waals surface area contributed by atoms with Gasteiger partial charge in [-0.15, -0.1) is 0 Å². The van der Waals surface area contributed by atoms with Crippen LogP contribution in [0.4, 0.5) is 5.69 Å². The number of nitrogens with one attached hydrogen (secondary N) is 1. The van der Waals surface area contributed by atoms with Crippen molar-refractivity contribution in [2.75, 3.05) is 11.9 Å². The summed E-state index contributed by atoms with van der Waals surface area (Å²) in [4.78, 5) is 0. The molecular formula is C10H19N3O. The molecule has 0 atom stereocenters. The molecule has 1 aromatic rings. The summed E-state index contributed by atoms with van der Waals surface area (Å²) in [6, 6.07) is 0. The number of hydrogen-bond acceptors (Lipinski definition) is 3. The van der Waals surface area contributed by atoms with Crippen LogP contribution in [0.5, 0.6) is 0 Å². The maximum Gasteiger partial charge on any atom is 0.0870 e. The molecule has 0 saturated heterocycles. The zero-order valence-corrected chi connectivity index (χ0v) is 9.33. The van der Waals surface area contributed by atoms with Crippen LogP contribution >= 0.6 is 0 Å². The Morgan fingerprint density at radius 2 is 2.14 bits per heavy atom. The molecule has 0 aliphatic carbocycles. The van der Waals surface area contributed by atoms with Crippen molar-refractivity contribution < 1.29 is 5.11 Å². The molecule has 0 unspecified atom stereocenters. The highest BCUT2D eigenvalue weighted by Crippen LogP contribution is 2.19. The van der Waals surface area contributed by atoms with E-state index < -0.39 is 0 Å². The normalized spacial score (nSPS) is 11.0. The number of aromatic nitrogens is 2. The molecule has 4 heteroatoms. The van der Waals surface area contributed by atoms with Crippen LogP contribution in [0.15, 0.2) is 0 Å². The largest absolute Gasteiger partial charge is 0.390 e. The first-order valence-electron chi connectivity index (χ1n) is 4.93. The van der Waals surface area contributed by atoms with Crippen molar-refractivity contribution in [3.05, 3.63) is 11.4 Å². The van der Waals surface area contributed by atoms with Crippen molar-refractivity contribution in [3.63, 3.8) is 0 Å². The summed E-state index contributed by atoms with van der Waals surface area (Å²) >= 11 is 0. The highest BCUT2D eigenvalue weighted by molar-refractivity contribution is 5.52. The zero-order valence-electron chi connectivity index (χ0n) is 9.33. The molecule has 1 rings (SSSR count). The third-order valence-corrected chi connectivity index (χ3v) is 2.18. The molecular weight excluding hydrogens is 178 g/mol. The first-order chi connectivity index (χ1) is 6.56. The average molecular weight is 197 g/mol. The Bertz CT molecular complexity index is 305. The number of nitrogens with zero attached hydrogens (tertiary/aromatic N) is 2. The fraction of sp³-hybridized carbons (Fsp3) is 0.700. The van der Waals surface area contributed by atoms with E-state index in [2.05, 4.69) is 24.3 Å². The molecule has 0 amide bonds. The van der Waals surface area contributed by atoms with Gasteiger partial charge in [-0.3, -0.25) is 4.68 Å². The molecule has 0 saturated carbocycles. The van der Waals surface area contributed by atoms with E-state index in [1.165, 1.54) is 0 Å². The van der Waals surface area contributed by atoms with Gasteiger partial charge in [-0.1, -0.05) is 13.8 Å². The molecule has 0 aromatic carbocycles. The van der Waals surface area contributed by atoms with Gasteiger partial charge in [0.05, 0.1) is 23.7 Å². The molecule has 0 spiro atoms. The number of rotatable bonds is 4. The molecule has 1 heterocycles.